The summed E-state index contributed by atoms with van der Waals surface area (Å²) in [6.07, 6.45) is 0.317. The van der Waals surface area contributed by atoms with Gasteiger partial charge in [0.1, 0.15) is 5.52 Å². The van der Waals surface area contributed by atoms with Gasteiger partial charge in [-0.05, 0) is 68.8 Å². The number of ether oxygens (including phenoxy) is 1. The topological polar surface area (TPSA) is 73.5 Å². The van der Waals surface area contributed by atoms with E-state index in [-0.39, 0.29) is 28.9 Å². The van der Waals surface area contributed by atoms with Crippen molar-refractivity contribution in [2.45, 2.75) is 56.3 Å². The number of fused-ring (bicyclic) bond motifs is 1. The van der Waals surface area contributed by atoms with Crippen molar-refractivity contribution in [1.29, 1.82) is 0 Å². The summed E-state index contributed by atoms with van der Waals surface area (Å²) in [6.45, 7) is 7.43. The Morgan fingerprint density at radius 2 is 1.64 bits per heavy atom. The second-order valence-corrected chi connectivity index (χ2v) is 11.5. The van der Waals surface area contributed by atoms with Crippen LogP contribution in [0.5, 0.6) is 0 Å². The molecule has 0 amide bonds. The van der Waals surface area contributed by atoms with Crippen molar-refractivity contribution in [3.63, 3.8) is 0 Å². The number of aryl methyl sites for hydroxylation is 1. The summed E-state index contributed by atoms with van der Waals surface area (Å²) in [5.74, 6) is -1.22. The predicted octanol–water partition coefficient (Wildman–Crippen LogP) is 6.92. The molecule has 0 saturated heterocycles. The van der Waals surface area contributed by atoms with Gasteiger partial charge in [0.05, 0.1) is 11.3 Å². The number of pyridine rings is 1. The third-order valence-corrected chi connectivity index (χ3v) is 6.89. The summed E-state index contributed by atoms with van der Waals surface area (Å²) < 4.78 is 47.1. The largest absolute Gasteiger partial charge is 0.479 e. The quantitative estimate of drug-likeness (QED) is 0.250. The molecule has 6 nitrogen and oxygen atoms in total. The number of hydrogen-bond donors (Lipinski definition) is 1. The van der Waals surface area contributed by atoms with E-state index in [9.17, 15) is 27.9 Å². The first-order valence-electron chi connectivity index (χ1n) is 12.2. The van der Waals surface area contributed by atoms with Gasteiger partial charge in [0.15, 0.2) is 6.10 Å². The lowest BCUT2D eigenvalue weighted by Gasteiger charge is -2.28. The Labute approximate surface area is 228 Å². The minimum Gasteiger partial charge on any atom is -0.479 e. The van der Waals surface area contributed by atoms with Crippen LogP contribution in [0, 0.1) is 6.92 Å². The van der Waals surface area contributed by atoms with E-state index in [0.717, 1.165) is 11.1 Å². The Balaban J connectivity index is 1.90. The fourth-order valence-corrected chi connectivity index (χ4v) is 5.06. The molecule has 0 aliphatic rings. The molecule has 1 atom stereocenters. The third-order valence-electron chi connectivity index (χ3n) is 6.15. The Hall–Kier alpha value is -3.50. The van der Waals surface area contributed by atoms with Crippen LogP contribution in [0.15, 0.2) is 70.5 Å². The SMILES string of the molecule is Cc1ccc(-c2c(C(OC(C)(C)C)C(=O)O)n(C)c(=O)c3c2ccn3Cc2ccc(SC(F)(F)F)cc2)cc1. The molecule has 2 aromatic heterocycles. The van der Waals surface area contributed by atoms with Crippen LogP contribution in [-0.2, 0) is 23.1 Å². The third kappa shape index (κ3) is 6.39. The summed E-state index contributed by atoms with van der Waals surface area (Å²) in [6, 6.07) is 15.3. The van der Waals surface area contributed by atoms with Crippen molar-refractivity contribution in [2.24, 2.45) is 7.05 Å². The first-order valence-corrected chi connectivity index (χ1v) is 13.0. The fraction of sp³-hybridized carbons (Fsp3) is 0.310. The van der Waals surface area contributed by atoms with Gasteiger partial charge < -0.3 is 19.0 Å². The van der Waals surface area contributed by atoms with E-state index in [4.69, 9.17) is 4.74 Å². The van der Waals surface area contributed by atoms with Gasteiger partial charge in [0.25, 0.3) is 5.56 Å². The summed E-state index contributed by atoms with van der Waals surface area (Å²) in [5.41, 5.74) is -1.98. The number of benzene rings is 2. The number of hydrogen-bond acceptors (Lipinski definition) is 4. The maximum atomic E-state index is 13.7. The van der Waals surface area contributed by atoms with E-state index in [1.54, 1.807) is 49.7 Å². The van der Waals surface area contributed by atoms with Gasteiger partial charge in [-0.3, -0.25) is 4.79 Å². The van der Waals surface area contributed by atoms with Gasteiger partial charge in [-0.2, -0.15) is 13.2 Å². The van der Waals surface area contributed by atoms with E-state index < -0.39 is 28.7 Å². The second kappa shape index (κ2) is 10.6. The molecule has 0 aliphatic carbocycles. The zero-order valence-electron chi connectivity index (χ0n) is 22.2. The van der Waals surface area contributed by atoms with Crippen molar-refractivity contribution in [2.75, 3.05) is 0 Å². The summed E-state index contributed by atoms with van der Waals surface area (Å²) >= 11 is -0.185. The van der Waals surface area contributed by atoms with Gasteiger partial charge in [-0.25, -0.2) is 4.79 Å². The lowest BCUT2D eigenvalue weighted by atomic mass is 9.95. The van der Waals surface area contributed by atoms with Gasteiger partial charge >= 0.3 is 11.5 Å². The van der Waals surface area contributed by atoms with Crippen molar-refractivity contribution >= 4 is 28.6 Å². The van der Waals surface area contributed by atoms with Crippen molar-refractivity contribution in [3.05, 3.63) is 88.0 Å². The highest BCUT2D eigenvalue weighted by molar-refractivity contribution is 8.00. The van der Waals surface area contributed by atoms with Crippen LogP contribution < -0.4 is 5.56 Å². The van der Waals surface area contributed by atoms with Gasteiger partial charge in [0.2, 0.25) is 0 Å². The average molecular weight is 559 g/mol. The normalized spacial score (nSPS) is 13.1. The van der Waals surface area contributed by atoms with Crippen molar-refractivity contribution in [1.82, 2.24) is 9.13 Å². The van der Waals surface area contributed by atoms with Crippen LogP contribution >= 0.6 is 11.8 Å². The lowest BCUT2D eigenvalue weighted by Crippen LogP contribution is -2.33. The first-order chi connectivity index (χ1) is 18.1. The van der Waals surface area contributed by atoms with Gasteiger partial charge in [-0.1, -0.05) is 42.0 Å². The number of carboxylic acid groups (broad SMARTS) is 1. The van der Waals surface area contributed by atoms with E-state index in [0.29, 0.717) is 22.0 Å². The number of aromatic nitrogens is 2. The van der Waals surface area contributed by atoms with Gasteiger partial charge in [0, 0.05) is 35.6 Å². The number of carbonyl (C=O) groups is 1. The molecule has 0 aliphatic heterocycles. The number of aliphatic carboxylic acids is 1. The molecule has 2 aromatic carbocycles. The van der Waals surface area contributed by atoms with E-state index in [2.05, 4.69) is 0 Å². The molecule has 4 rings (SSSR count). The van der Waals surface area contributed by atoms with Crippen molar-refractivity contribution in [3.8, 4) is 11.1 Å². The summed E-state index contributed by atoms with van der Waals surface area (Å²) in [5, 5.41) is 10.7. The van der Waals surface area contributed by atoms with E-state index in [1.165, 1.54) is 23.7 Å². The highest BCUT2D eigenvalue weighted by Crippen LogP contribution is 2.38. The molecule has 2 heterocycles. The molecule has 1 N–H and O–H groups in total. The Morgan fingerprint density at radius 1 is 1.03 bits per heavy atom. The maximum absolute atomic E-state index is 13.7. The number of halogens is 3. The maximum Gasteiger partial charge on any atom is 0.446 e. The molecular formula is C29H29F3N2O4S. The molecule has 206 valence electrons. The van der Waals surface area contributed by atoms with Crippen molar-refractivity contribution < 1.29 is 27.8 Å². The molecule has 0 fully saturated rings. The number of carboxylic acids is 1. The van der Waals surface area contributed by atoms with Gasteiger partial charge in [-0.15, -0.1) is 0 Å². The molecule has 1 unspecified atom stereocenters. The van der Waals surface area contributed by atoms with Crippen LogP contribution in [0.4, 0.5) is 13.2 Å². The molecule has 10 heteroatoms. The minimum absolute atomic E-state index is 0.0735. The number of alkyl halides is 3. The van der Waals surface area contributed by atoms with E-state index >= 15 is 0 Å². The number of thioether (sulfide) groups is 1. The average Bonchev–Trinajstić information content (AvgIpc) is 3.23. The first kappa shape index (κ1) is 28.5. The fourth-order valence-electron chi connectivity index (χ4n) is 4.52. The molecule has 39 heavy (non-hydrogen) atoms. The smallest absolute Gasteiger partial charge is 0.446 e. The van der Waals surface area contributed by atoms with Crippen LogP contribution in [0.3, 0.4) is 0 Å². The van der Waals surface area contributed by atoms with Crippen LogP contribution in [0.2, 0.25) is 0 Å². The van der Waals surface area contributed by atoms with E-state index in [1.807, 2.05) is 31.2 Å². The Morgan fingerprint density at radius 3 is 2.18 bits per heavy atom. The molecule has 0 saturated carbocycles. The highest BCUT2D eigenvalue weighted by Gasteiger charge is 2.33. The lowest BCUT2D eigenvalue weighted by molar-refractivity contribution is -0.161. The Kier molecular flexibility index (Phi) is 7.73. The second-order valence-electron chi connectivity index (χ2n) is 10.3. The highest BCUT2D eigenvalue weighted by atomic mass is 32.2. The number of rotatable bonds is 7. The molecular weight excluding hydrogens is 529 g/mol. The standard InChI is InChI=1S/C29H29F3N2O4S/c1-17-6-10-19(11-7-17)22-21-14-15-34(16-18-8-12-20(13-9-18)39-29(30,31)32)23(21)26(35)33(5)24(22)25(27(36)37)38-28(2,3)4/h6-15,25H,16H2,1-5H3,(H,36,37). The zero-order chi connectivity index (χ0) is 28.7. The number of nitrogens with zero attached hydrogens (tertiary/aromatic N) is 2. The summed E-state index contributed by atoms with van der Waals surface area (Å²) in [4.78, 5) is 26.3. The van der Waals surface area contributed by atoms with Crippen LogP contribution in [-0.4, -0.2) is 31.3 Å². The van der Waals surface area contributed by atoms with Crippen LogP contribution in [0.1, 0.15) is 43.7 Å². The molecule has 0 radical (unpaired) electrons. The monoisotopic (exact) mass is 558 g/mol. The predicted molar refractivity (Wildman–Crippen MR) is 146 cm³/mol. The molecule has 0 bridgehead atoms. The zero-order valence-corrected chi connectivity index (χ0v) is 23.0. The van der Waals surface area contributed by atoms with Crippen LogP contribution in [0.25, 0.3) is 22.0 Å². The Bertz CT molecular complexity index is 1560. The molecule has 0 spiro atoms. The summed E-state index contributed by atoms with van der Waals surface area (Å²) in [7, 11) is 1.53. The molecule has 4 aromatic rings. The minimum atomic E-state index is -4.38.